The third kappa shape index (κ3) is 4.01. The summed E-state index contributed by atoms with van der Waals surface area (Å²) >= 11 is 0. The van der Waals surface area contributed by atoms with E-state index in [1.165, 1.54) is 33.5 Å². The van der Waals surface area contributed by atoms with Crippen molar-refractivity contribution in [2.24, 2.45) is 0 Å². The third-order valence-corrected chi connectivity index (χ3v) is 3.83. The van der Waals surface area contributed by atoms with Crippen LogP contribution in [-0.2, 0) is 0 Å². The highest BCUT2D eigenvalue weighted by Gasteiger charge is 2.17. The van der Waals surface area contributed by atoms with Gasteiger partial charge in [0.1, 0.15) is 0 Å². The maximum atomic E-state index is 5.93. The molecule has 0 unspecified atom stereocenters. The lowest BCUT2D eigenvalue weighted by molar-refractivity contribution is 1.27. The van der Waals surface area contributed by atoms with Crippen LogP contribution in [0.25, 0.3) is 11.1 Å². The van der Waals surface area contributed by atoms with Gasteiger partial charge in [0.25, 0.3) is 0 Å². The van der Waals surface area contributed by atoms with Gasteiger partial charge in [0.15, 0.2) is 0 Å². The summed E-state index contributed by atoms with van der Waals surface area (Å²) in [5, 5.41) is 8.99. The number of nitrogens with two attached hydrogens (primary N) is 1. The first kappa shape index (κ1) is 18.5. The van der Waals surface area contributed by atoms with Crippen molar-refractivity contribution in [1.82, 2.24) is 0 Å². The fraction of sp³-hybridized carbons (Fsp3) is 0.250. The van der Waals surface area contributed by atoms with Crippen LogP contribution in [0.4, 0.5) is 11.4 Å². The highest BCUT2D eigenvalue weighted by atomic mass is 14.9. The van der Waals surface area contributed by atoms with E-state index in [1.54, 1.807) is 0 Å². The zero-order valence-electron chi connectivity index (χ0n) is 14.5. The van der Waals surface area contributed by atoms with Crippen LogP contribution >= 0.6 is 0 Å². The quantitative estimate of drug-likeness (QED) is 0.499. The first-order chi connectivity index (χ1) is 11.2. The minimum absolute atomic E-state index is 0.819. The Labute approximate surface area is 139 Å². The van der Waals surface area contributed by atoms with Crippen molar-refractivity contribution in [3.8, 4) is 0 Å². The Hall–Kier alpha value is -2.55. The van der Waals surface area contributed by atoms with Gasteiger partial charge < -0.3 is 16.5 Å². The van der Waals surface area contributed by atoms with E-state index in [0.29, 0.717) is 0 Å². The summed E-state index contributed by atoms with van der Waals surface area (Å²) in [4.78, 5) is 0. The van der Waals surface area contributed by atoms with Crippen molar-refractivity contribution < 1.29 is 0 Å². The summed E-state index contributed by atoms with van der Waals surface area (Å²) in [6.07, 6.45) is 0. The lowest BCUT2D eigenvalue weighted by Crippen LogP contribution is -2.13. The molecular formula is C20H27N3. The number of anilines is 2. The average molecular weight is 309 g/mol. The number of aryl methyl sites for hydroxylation is 1. The Morgan fingerprint density at radius 3 is 2.35 bits per heavy atom. The molecule has 0 aliphatic carbocycles. The molecule has 3 rings (SSSR count). The molecule has 122 valence electrons. The number of benzene rings is 2. The predicted octanol–water partition coefficient (Wildman–Crippen LogP) is 5.23. The Morgan fingerprint density at radius 2 is 1.65 bits per heavy atom. The average Bonchev–Trinajstić information content (AvgIpc) is 2.61. The van der Waals surface area contributed by atoms with Crippen LogP contribution in [0.3, 0.4) is 0 Å². The fourth-order valence-electron chi connectivity index (χ4n) is 2.70. The van der Waals surface area contributed by atoms with Crippen molar-refractivity contribution in [1.29, 1.82) is 5.41 Å². The van der Waals surface area contributed by atoms with Crippen molar-refractivity contribution >= 4 is 29.2 Å². The second-order valence-electron chi connectivity index (χ2n) is 5.08. The van der Waals surface area contributed by atoms with Crippen molar-refractivity contribution in [3.63, 3.8) is 0 Å². The maximum Gasteiger partial charge on any atom is 0.0419 e. The van der Waals surface area contributed by atoms with Gasteiger partial charge in [0, 0.05) is 23.5 Å². The molecule has 0 bridgehead atoms. The smallest absolute Gasteiger partial charge is 0.0419 e. The lowest BCUT2D eigenvalue weighted by atomic mass is 9.89. The van der Waals surface area contributed by atoms with E-state index in [1.807, 2.05) is 19.9 Å². The molecule has 1 heterocycles. The molecule has 0 radical (unpaired) electrons. The Bertz CT molecular complexity index is 687. The van der Waals surface area contributed by atoms with Crippen LogP contribution < -0.4 is 11.1 Å². The summed E-state index contributed by atoms with van der Waals surface area (Å²) in [6.45, 7) is 11.7. The summed E-state index contributed by atoms with van der Waals surface area (Å²) in [7, 11) is 0. The van der Waals surface area contributed by atoms with Gasteiger partial charge in [-0.2, -0.15) is 0 Å². The number of nitrogen functional groups attached to an aromatic ring is 1. The molecule has 3 nitrogen and oxygen atoms in total. The SMILES string of the molecule is C=N.CC.CC1=C(c2cc(N)ccc2C)CNc2ccccc21. The number of hydrogen-bond donors (Lipinski definition) is 3. The topological polar surface area (TPSA) is 61.9 Å². The second kappa shape index (κ2) is 8.79. The summed E-state index contributed by atoms with van der Waals surface area (Å²) < 4.78 is 0. The van der Waals surface area contributed by atoms with Crippen LogP contribution in [0.15, 0.2) is 42.5 Å². The van der Waals surface area contributed by atoms with Gasteiger partial charge in [-0.05, 0) is 61.0 Å². The van der Waals surface area contributed by atoms with Gasteiger partial charge in [-0.3, -0.25) is 0 Å². The summed E-state index contributed by atoms with van der Waals surface area (Å²) in [6, 6.07) is 14.6. The van der Waals surface area contributed by atoms with E-state index in [9.17, 15) is 0 Å². The molecule has 0 amide bonds. The molecule has 0 saturated carbocycles. The number of para-hydroxylation sites is 1. The van der Waals surface area contributed by atoms with Gasteiger partial charge in [0.05, 0.1) is 0 Å². The molecule has 0 aromatic heterocycles. The zero-order valence-corrected chi connectivity index (χ0v) is 14.5. The van der Waals surface area contributed by atoms with Crippen LogP contribution in [0.5, 0.6) is 0 Å². The predicted molar refractivity (Wildman–Crippen MR) is 104 cm³/mol. The number of fused-ring (bicyclic) bond motifs is 1. The molecule has 0 atom stereocenters. The second-order valence-corrected chi connectivity index (χ2v) is 5.08. The number of rotatable bonds is 1. The minimum Gasteiger partial charge on any atom is -0.399 e. The third-order valence-electron chi connectivity index (χ3n) is 3.83. The largest absolute Gasteiger partial charge is 0.399 e. The van der Waals surface area contributed by atoms with Crippen LogP contribution in [0, 0.1) is 12.3 Å². The molecule has 1 aliphatic heterocycles. The van der Waals surface area contributed by atoms with Crippen molar-refractivity contribution in [2.75, 3.05) is 17.6 Å². The highest BCUT2D eigenvalue weighted by Crippen LogP contribution is 2.36. The molecule has 0 spiro atoms. The number of hydrogen-bond acceptors (Lipinski definition) is 3. The minimum atomic E-state index is 0.819. The Balaban J connectivity index is 0.000000615. The van der Waals surface area contributed by atoms with Gasteiger partial charge >= 0.3 is 0 Å². The molecular weight excluding hydrogens is 282 g/mol. The standard InChI is InChI=1S/C17H18N2.C2H6.CH3N/c1-11-7-8-13(18)9-15(11)16-10-19-17-6-4-3-5-14(17)12(16)2;2*1-2/h3-9,19H,10,18H2,1-2H3;1-2H3;2H,1H2. The van der Waals surface area contributed by atoms with E-state index in [2.05, 4.69) is 62.3 Å². The van der Waals surface area contributed by atoms with Gasteiger partial charge in [-0.25, -0.2) is 0 Å². The molecule has 4 N–H and O–H groups in total. The van der Waals surface area contributed by atoms with Crippen molar-refractivity contribution in [3.05, 3.63) is 59.2 Å². The van der Waals surface area contributed by atoms with Gasteiger partial charge in [-0.1, -0.05) is 38.1 Å². The molecule has 23 heavy (non-hydrogen) atoms. The van der Waals surface area contributed by atoms with Crippen LogP contribution in [0.1, 0.15) is 37.5 Å². The molecule has 2 aromatic carbocycles. The molecule has 1 aliphatic rings. The van der Waals surface area contributed by atoms with Gasteiger partial charge in [0.2, 0.25) is 0 Å². The first-order valence-corrected chi connectivity index (χ1v) is 7.91. The van der Waals surface area contributed by atoms with E-state index >= 15 is 0 Å². The van der Waals surface area contributed by atoms with E-state index < -0.39 is 0 Å². The monoisotopic (exact) mass is 309 g/mol. The Morgan fingerprint density at radius 1 is 1.00 bits per heavy atom. The van der Waals surface area contributed by atoms with Crippen molar-refractivity contribution in [2.45, 2.75) is 27.7 Å². The summed E-state index contributed by atoms with van der Waals surface area (Å²) in [5.74, 6) is 0. The Kier molecular flexibility index (Phi) is 7.07. The number of allylic oxidation sites excluding steroid dienone is 1. The summed E-state index contributed by atoms with van der Waals surface area (Å²) in [5.41, 5.74) is 14.4. The molecule has 0 fully saturated rings. The molecule has 2 aromatic rings. The van der Waals surface area contributed by atoms with Crippen LogP contribution in [0.2, 0.25) is 0 Å². The normalized spacial score (nSPS) is 12.0. The van der Waals surface area contributed by atoms with E-state index in [-0.39, 0.29) is 0 Å². The zero-order chi connectivity index (χ0) is 17.4. The fourth-order valence-corrected chi connectivity index (χ4v) is 2.70. The lowest BCUT2D eigenvalue weighted by Gasteiger charge is -2.24. The molecule has 3 heteroatoms. The van der Waals surface area contributed by atoms with E-state index in [0.717, 1.165) is 12.2 Å². The van der Waals surface area contributed by atoms with E-state index in [4.69, 9.17) is 11.1 Å². The highest BCUT2D eigenvalue weighted by molar-refractivity contribution is 5.98. The van der Waals surface area contributed by atoms with Gasteiger partial charge in [-0.15, -0.1) is 0 Å². The van der Waals surface area contributed by atoms with Crippen LogP contribution in [-0.4, -0.2) is 13.3 Å². The molecule has 0 saturated heterocycles. The maximum absolute atomic E-state index is 5.93. The number of nitrogens with one attached hydrogen (secondary N) is 2. The first-order valence-electron chi connectivity index (χ1n) is 7.91.